The van der Waals surface area contributed by atoms with Crippen LogP contribution in [-0.4, -0.2) is 10.9 Å². The van der Waals surface area contributed by atoms with Gasteiger partial charge in [-0.1, -0.05) is 6.07 Å². The molecule has 0 radical (unpaired) electrons. The predicted molar refractivity (Wildman–Crippen MR) is 69.3 cm³/mol. The van der Waals surface area contributed by atoms with E-state index in [-0.39, 0.29) is 5.91 Å². The highest BCUT2D eigenvalue weighted by Crippen LogP contribution is 2.37. The molecular weight excluding hydrogens is 226 g/mol. The first-order chi connectivity index (χ1) is 8.83. The number of pyridine rings is 1. The van der Waals surface area contributed by atoms with Gasteiger partial charge in [0.15, 0.2) is 0 Å². The second-order valence-electron chi connectivity index (χ2n) is 4.31. The normalized spacial score (nSPS) is 14.9. The number of carbonyl (C=O) groups excluding carboxylic acids is 1. The number of benzene rings is 1. The van der Waals surface area contributed by atoms with Crippen molar-refractivity contribution in [2.75, 3.05) is 5.32 Å². The van der Waals surface area contributed by atoms with E-state index in [9.17, 15) is 4.79 Å². The van der Waals surface area contributed by atoms with Crippen LogP contribution in [-0.2, 0) is 0 Å². The van der Waals surface area contributed by atoms with E-state index in [1.165, 1.54) is 0 Å². The Morgan fingerprint density at radius 2 is 2.00 bits per heavy atom. The molecule has 0 unspecified atom stereocenters. The minimum Gasteiger partial charge on any atom is -0.339 e. The molecule has 0 bridgehead atoms. The number of rotatable bonds is 0. The summed E-state index contributed by atoms with van der Waals surface area (Å²) in [6.07, 6.45) is 3.70. The fourth-order valence-electron chi connectivity index (χ4n) is 2.42. The molecule has 0 fully saturated rings. The molecule has 0 saturated carbocycles. The zero-order chi connectivity index (χ0) is 12.1. The molecule has 4 heteroatoms. The lowest BCUT2D eigenvalue weighted by molar-refractivity contribution is 0.0981. The van der Waals surface area contributed by atoms with Gasteiger partial charge in [0.1, 0.15) is 5.82 Å². The lowest BCUT2D eigenvalue weighted by atomic mass is 10.1. The molecule has 2 aliphatic rings. The van der Waals surface area contributed by atoms with Crippen LogP contribution >= 0.6 is 0 Å². The smallest absolute Gasteiger partial charge is 0.256 e. The summed E-state index contributed by atoms with van der Waals surface area (Å²) in [6, 6.07) is 9.51. The zero-order valence-corrected chi connectivity index (χ0v) is 9.40. The van der Waals surface area contributed by atoms with Gasteiger partial charge in [-0.15, -0.1) is 0 Å². The summed E-state index contributed by atoms with van der Waals surface area (Å²) in [7, 11) is 0. The van der Waals surface area contributed by atoms with E-state index in [2.05, 4.69) is 15.6 Å². The number of hydrogen-bond donors (Lipinski definition) is 2. The van der Waals surface area contributed by atoms with Gasteiger partial charge >= 0.3 is 0 Å². The summed E-state index contributed by atoms with van der Waals surface area (Å²) in [5.41, 5.74) is 4.36. The Kier molecular flexibility index (Phi) is 1.67. The molecule has 86 valence electrons. The van der Waals surface area contributed by atoms with Crippen molar-refractivity contribution in [1.29, 1.82) is 0 Å². The van der Waals surface area contributed by atoms with Crippen LogP contribution in [0.25, 0.3) is 11.8 Å². The maximum Gasteiger partial charge on any atom is 0.256 e. The molecule has 18 heavy (non-hydrogen) atoms. The minimum atomic E-state index is -0.0489. The van der Waals surface area contributed by atoms with E-state index in [0.717, 1.165) is 28.3 Å². The second kappa shape index (κ2) is 3.20. The number of nitrogens with one attached hydrogen (secondary N) is 2. The van der Waals surface area contributed by atoms with Crippen molar-refractivity contribution in [1.82, 2.24) is 10.3 Å². The number of nitrogens with zero attached hydrogens (tertiary/aromatic N) is 1. The van der Waals surface area contributed by atoms with Crippen molar-refractivity contribution in [2.45, 2.75) is 0 Å². The van der Waals surface area contributed by atoms with Crippen molar-refractivity contribution in [2.24, 2.45) is 0 Å². The van der Waals surface area contributed by atoms with Crippen molar-refractivity contribution < 1.29 is 4.79 Å². The van der Waals surface area contributed by atoms with E-state index in [0.29, 0.717) is 5.56 Å². The number of carbonyl (C=O) groups is 1. The van der Waals surface area contributed by atoms with Gasteiger partial charge in [-0.3, -0.25) is 4.79 Å². The van der Waals surface area contributed by atoms with E-state index in [4.69, 9.17) is 0 Å². The Morgan fingerprint density at radius 1 is 1.06 bits per heavy atom. The largest absolute Gasteiger partial charge is 0.339 e. The summed E-state index contributed by atoms with van der Waals surface area (Å²) < 4.78 is 0. The van der Waals surface area contributed by atoms with Gasteiger partial charge in [0, 0.05) is 23.0 Å². The third kappa shape index (κ3) is 1.14. The maximum absolute atomic E-state index is 11.8. The molecule has 0 spiro atoms. The van der Waals surface area contributed by atoms with E-state index in [1.54, 1.807) is 6.20 Å². The molecule has 2 aliphatic heterocycles. The standard InChI is InChI=1S/C14H9N3O/c18-14-9-4-1-5-10-12(9)11(17-14)7-8-3-2-6-15-13(8)16-10/h1-7H,(H,15,16)(H,17,18). The predicted octanol–water partition coefficient (Wildman–Crippen LogP) is 2.38. The first-order valence-electron chi connectivity index (χ1n) is 5.71. The quantitative estimate of drug-likeness (QED) is 0.737. The van der Waals surface area contributed by atoms with Crippen LogP contribution in [0, 0.1) is 0 Å². The summed E-state index contributed by atoms with van der Waals surface area (Å²) in [5, 5.41) is 6.18. The van der Waals surface area contributed by atoms with Crippen LogP contribution < -0.4 is 10.6 Å². The lowest BCUT2D eigenvalue weighted by Gasteiger charge is -2.08. The molecule has 0 saturated heterocycles. The Bertz CT molecular complexity index is 719. The van der Waals surface area contributed by atoms with Crippen LogP contribution in [0.4, 0.5) is 11.5 Å². The second-order valence-corrected chi connectivity index (χ2v) is 4.31. The van der Waals surface area contributed by atoms with Crippen LogP contribution in [0.2, 0.25) is 0 Å². The van der Waals surface area contributed by atoms with Crippen LogP contribution in [0.15, 0.2) is 36.5 Å². The van der Waals surface area contributed by atoms with Crippen molar-refractivity contribution >= 4 is 29.2 Å². The molecule has 1 aromatic carbocycles. The number of hydrogen-bond acceptors (Lipinski definition) is 3. The first-order valence-corrected chi connectivity index (χ1v) is 5.71. The van der Waals surface area contributed by atoms with Gasteiger partial charge < -0.3 is 10.6 Å². The summed E-state index contributed by atoms with van der Waals surface area (Å²) >= 11 is 0. The SMILES string of the molecule is O=C1NC2=Cc3cccnc3Nc3cccc1c32. The monoisotopic (exact) mass is 235 g/mol. The Labute approximate surface area is 103 Å². The Balaban J connectivity index is 2.06. The summed E-state index contributed by atoms with van der Waals surface area (Å²) in [4.78, 5) is 16.2. The van der Waals surface area contributed by atoms with Gasteiger partial charge in [0.05, 0.1) is 11.3 Å². The number of aromatic nitrogens is 1. The summed E-state index contributed by atoms with van der Waals surface area (Å²) in [5.74, 6) is 0.759. The van der Waals surface area contributed by atoms with Crippen molar-refractivity contribution in [3.05, 3.63) is 53.2 Å². The minimum absolute atomic E-state index is 0.0489. The summed E-state index contributed by atoms with van der Waals surface area (Å²) in [6.45, 7) is 0. The first kappa shape index (κ1) is 9.41. The van der Waals surface area contributed by atoms with Crippen LogP contribution in [0.1, 0.15) is 21.5 Å². The van der Waals surface area contributed by atoms with E-state index in [1.807, 2.05) is 36.4 Å². The van der Waals surface area contributed by atoms with Gasteiger partial charge in [-0.25, -0.2) is 4.98 Å². The Morgan fingerprint density at radius 3 is 2.94 bits per heavy atom. The highest BCUT2D eigenvalue weighted by molar-refractivity contribution is 6.15. The number of amides is 1. The number of anilines is 2. The molecule has 0 atom stereocenters. The van der Waals surface area contributed by atoms with Gasteiger partial charge in [-0.05, 0) is 30.3 Å². The Hall–Kier alpha value is -2.62. The zero-order valence-electron chi connectivity index (χ0n) is 9.40. The highest BCUT2D eigenvalue weighted by atomic mass is 16.1. The highest BCUT2D eigenvalue weighted by Gasteiger charge is 2.28. The third-order valence-electron chi connectivity index (χ3n) is 3.22. The third-order valence-corrected chi connectivity index (χ3v) is 3.22. The van der Waals surface area contributed by atoms with Gasteiger partial charge in [0.2, 0.25) is 0 Å². The van der Waals surface area contributed by atoms with Crippen molar-refractivity contribution in [3.63, 3.8) is 0 Å². The maximum atomic E-state index is 11.8. The molecule has 0 aliphatic carbocycles. The fourth-order valence-corrected chi connectivity index (χ4v) is 2.42. The molecule has 3 heterocycles. The van der Waals surface area contributed by atoms with E-state index >= 15 is 0 Å². The molecule has 2 N–H and O–H groups in total. The topological polar surface area (TPSA) is 54.0 Å². The molecule has 1 aromatic heterocycles. The van der Waals surface area contributed by atoms with Gasteiger partial charge in [-0.2, -0.15) is 0 Å². The molecule has 2 aromatic rings. The van der Waals surface area contributed by atoms with E-state index < -0.39 is 0 Å². The van der Waals surface area contributed by atoms with Crippen LogP contribution in [0.3, 0.4) is 0 Å². The average Bonchev–Trinajstić information content (AvgIpc) is 2.61. The number of fused-ring (bicyclic) bond motifs is 1. The molecule has 1 amide bonds. The molecular formula is C14H9N3O. The van der Waals surface area contributed by atoms with Crippen molar-refractivity contribution in [3.8, 4) is 0 Å². The molecule has 4 nitrogen and oxygen atoms in total. The van der Waals surface area contributed by atoms with Gasteiger partial charge in [0.25, 0.3) is 5.91 Å². The fraction of sp³-hybridized carbons (Fsp3) is 0. The molecule has 4 rings (SSSR count). The van der Waals surface area contributed by atoms with Crippen LogP contribution in [0.5, 0.6) is 0 Å². The average molecular weight is 235 g/mol. The lowest BCUT2D eigenvalue weighted by Crippen LogP contribution is -2.11.